The molecule has 0 spiro atoms. The first-order chi connectivity index (χ1) is 19.7. The van der Waals surface area contributed by atoms with Crippen molar-refractivity contribution in [2.75, 3.05) is 6.61 Å². The van der Waals surface area contributed by atoms with Crippen LogP contribution in [-0.2, 0) is 12.0 Å². The van der Waals surface area contributed by atoms with E-state index in [4.69, 9.17) is 9.72 Å². The van der Waals surface area contributed by atoms with Crippen molar-refractivity contribution in [3.05, 3.63) is 156 Å². The fourth-order valence-corrected chi connectivity index (χ4v) is 5.32. The average molecular weight is 529 g/mol. The van der Waals surface area contributed by atoms with E-state index >= 15 is 0 Å². The number of hydrogen-bond donors (Lipinski definition) is 0. The summed E-state index contributed by atoms with van der Waals surface area (Å²) in [5.41, 5.74) is 4.75. The molecule has 1 aromatic heterocycles. The number of Topliss-reactive ketones (excluding diaryl/α,β-unsaturated/α-hetero) is 1. The Hall–Kier alpha value is -4.44. The first-order valence-electron chi connectivity index (χ1n) is 14.2. The van der Waals surface area contributed by atoms with Gasteiger partial charge in [-0.25, -0.2) is 4.98 Å². The first-order valence-corrected chi connectivity index (χ1v) is 14.2. The zero-order chi connectivity index (χ0) is 27.6. The lowest BCUT2D eigenvalue weighted by Gasteiger charge is -2.37. The number of ether oxygens (including phenoxy) is 1. The lowest BCUT2D eigenvalue weighted by molar-refractivity contribution is 0.0979. The van der Waals surface area contributed by atoms with E-state index in [1.165, 1.54) is 16.7 Å². The summed E-state index contributed by atoms with van der Waals surface area (Å²) in [6.45, 7) is 2.68. The van der Waals surface area contributed by atoms with Crippen molar-refractivity contribution in [3.8, 4) is 5.75 Å². The number of carbonyl (C=O) groups excluding carboxylic acids is 1. The van der Waals surface area contributed by atoms with E-state index in [1.807, 2.05) is 30.6 Å². The van der Waals surface area contributed by atoms with Crippen LogP contribution in [0.1, 0.15) is 65.3 Å². The summed E-state index contributed by atoms with van der Waals surface area (Å²) in [4.78, 5) is 17.1. The molecule has 4 aromatic carbocycles. The molecule has 0 unspecified atom stereocenters. The standard InChI is InChI=1S/C36H36N2O2/c1-2-3-21-35(39)29-22-24-34(25-23-29)40-26-13-20-33-27-38(28-37-33)36(30-14-7-4-8-15-30,31-16-9-5-10-17-31)32-18-11-6-12-19-32/h4-12,14-19,22-25,27-28H,2-3,13,20-21,26H2,1H3. The number of nitrogens with zero attached hydrogens (tertiary/aromatic N) is 2. The normalized spacial score (nSPS) is 11.3. The van der Waals surface area contributed by atoms with Gasteiger partial charge in [0.25, 0.3) is 0 Å². The summed E-state index contributed by atoms with van der Waals surface area (Å²) >= 11 is 0. The zero-order valence-electron chi connectivity index (χ0n) is 23.1. The SMILES string of the molecule is CCCCC(=O)c1ccc(OCCCc2cn(C(c3ccccc3)(c3ccccc3)c3ccccc3)cn2)cc1. The molecule has 40 heavy (non-hydrogen) atoms. The highest BCUT2D eigenvalue weighted by Gasteiger charge is 2.38. The van der Waals surface area contributed by atoms with Crippen LogP contribution in [0, 0.1) is 0 Å². The van der Waals surface area contributed by atoms with Crippen LogP contribution >= 0.6 is 0 Å². The number of imidazole rings is 1. The molecular weight excluding hydrogens is 492 g/mol. The number of hydrogen-bond acceptors (Lipinski definition) is 3. The van der Waals surface area contributed by atoms with Crippen LogP contribution in [0.2, 0.25) is 0 Å². The van der Waals surface area contributed by atoms with Gasteiger partial charge in [0.15, 0.2) is 5.78 Å². The molecule has 5 aromatic rings. The Morgan fingerprint density at radius 3 is 1.82 bits per heavy atom. The van der Waals surface area contributed by atoms with Crippen LogP contribution in [0.5, 0.6) is 5.75 Å². The van der Waals surface area contributed by atoms with E-state index in [-0.39, 0.29) is 5.78 Å². The minimum Gasteiger partial charge on any atom is -0.494 e. The van der Waals surface area contributed by atoms with E-state index in [9.17, 15) is 4.79 Å². The van der Waals surface area contributed by atoms with Crippen molar-refractivity contribution < 1.29 is 9.53 Å². The Morgan fingerprint density at radius 1 is 0.750 bits per heavy atom. The fraction of sp³-hybridized carbons (Fsp3) is 0.222. The van der Waals surface area contributed by atoms with E-state index in [0.29, 0.717) is 13.0 Å². The maximum Gasteiger partial charge on any atom is 0.162 e. The molecule has 4 heteroatoms. The van der Waals surface area contributed by atoms with Crippen molar-refractivity contribution >= 4 is 5.78 Å². The van der Waals surface area contributed by atoms with Gasteiger partial charge in [0.2, 0.25) is 0 Å². The van der Waals surface area contributed by atoms with Crippen molar-refractivity contribution in [1.29, 1.82) is 0 Å². The third kappa shape index (κ3) is 5.91. The zero-order valence-corrected chi connectivity index (χ0v) is 23.1. The second-order valence-electron chi connectivity index (χ2n) is 10.1. The summed E-state index contributed by atoms with van der Waals surface area (Å²) in [5, 5.41) is 0. The van der Waals surface area contributed by atoms with Gasteiger partial charge in [-0.3, -0.25) is 4.79 Å². The molecule has 4 nitrogen and oxygen atoms in total. The highest BCUT2D eigenvalue weighted by molar-refractivity contribution is 5.96. The predicted molar refractivity (Wildman–Crippen MR) is 161 cm³/mol. The van der Waals surface area contributed by atoms with Crippen LogP contribution in [0.15, 0.2) is 128 Å². The van der Waals surface area contributed by atoms with Crippen molar-refractivity contribution in [2.24, 2.45) is 0 Å². The largest absolute Gasteiger partial charge is 0.494 e. The number of benzene rings is 4. The van der Waals surface area contributed by atoms with Gasteiger partial charge in [0.05, 0.1) is 18.6 Å². The molecule has 1 heterocycles. The molecule has 0 fully saturated rings. The predicted octanol–water partition coefficient (Wildman–Crippen LogP) is 8.11. The molecule has 0 radical (unpaired) electrons. The monoisotopic (exact) mass is 528 g/mol. The number of aromatic nitrogens is 2. The Bertz CT molecular complexity index is 1380. The van der Waals surface area contributed by atoms with Crippen LogP contribution < -0.4 is 4.74 Å². The Morgan fingerprint density at radius 2 is 1.30 bits per heavy atom. The third-order valence-electron chi connectivity index (χ3n) is 7.38. The van der Waals surface area contributed by atoms with Gasteiger partial charge in [0.1, 0.15) is 11.3 Å². The van der Waals surface area contributed by atoms with Gasteiger partial charge < -0.3 is 9.30 Å². The van der Waals surface area contributed by atoms with Gasteiger partial charge in [-0.15, -0.1) is 0 Å². The molecule has 5 rings (SSSR count). The second-order valence-corrected chi connectivity index (χ2v) is 10.1. The van der Waals surface area contributed by atoms with Crippen molar-refractivity contribution in [2.45, 2.75) is 44.6 Å². The number of ketones is 1. The number of carbonyl (C=O) groups is 1. The minimum atomic E-state index is -0.554. The molecule has 0 atom stereocenters. The number of rotatable bonds is 13. The summed E-state index contributed by atoms with van der Waals surface area (Å²) in [6.07, 6.45) is 8.32. The van der Waals surface area contributed by atoms with Crippen LogP contribution in [-0.4, -0.2) is 21.9 Å². The maximum atomic E-state index is 12.2. The molecule has 0 saturated carbocycles. The molecule has 0 amide bonds. The minimum absolute atomic E-state index is 0.196. The van der Waals surface area contributed by atoms with Gasteiger partial charge in [-0.1, -0.05) is 104 Å². The topological polar surface area (TPSA) is 44.1 Å². The molecule has 0 aliphatic heterocycles. The molecule has 202 valence electrons. The van der Waals surface area contributed by atoms with E-state index < -0.39 is 5.54 Å². The second kappa shape index (κ2) is 13.1. The molecule has 0 aliphatic carbocycles. The van der Waals surface area contributed by atoms with Crippen LogP contribution in [0.4, 0.5) is 0 Å². The first kappa shape index (κ1) is 27.1. The molecule has 0 N–H and O–H groups in total. The summed E-state index contributed by atoms with van der Waals surface area (Å²) in [5.74, 6) is 0.982. The van der Waals surface area contributed by atoms with Gasteiger partial charge in [-0.2, -0.15) is 0 Å². The highest BCUT2D eigenvalue weighted by atomic mass is 16.5. The van der Waals surface area contributed by atoms with Crippen LogP contribution in [0.3, 0.4) is 0 Å². The Labute approximate surface area is 237 Å². The molecule has 0 saturated heterocycles. The van der Waals surface area contributed by atoms with E-state index in [0.717, 1.165) is 42.7 Å². The van der Waals surface area contributed by atoms with Crippen molar-refractivity contribution in [1.82, 2.24) is 9.55 Å². The third-order valence-corrected chi connectivity index (χ3v) is 7.38. The summed E-state index contributed by atoms with van der Waals surface area (Å²) in [7, 11) is 0. The van der Waals surface area contributed by atoms with Gasteiger partial charge in [-0.05, 0) is 60.2 Å². The summed E-state index contributed by atoms with van der Waals surface area (Å²) < 4.78 is 8.23. The maximum absolute atomic E-state index is 12.2. The quantitative estimate of drug-likeness (QED) is 0.0881. The lowest BCUT2D eigenvalue weighted by atomic mass is 9.77. The Kier molecular flexibility index (Phi) is 8.87. The Balaban J connectivity index is 1.33. The van der Waals surface area contributed by atoms with Crippen LogP contribution in [0.25, 0.3) is 0 Å². The summed E-state index contributed by atoms with van der Waals surface area (Å²) in [6, 6.07) is 39.4. The van der Waals surface area contributed by atoms with Gasteiger partial charge >= 0.3 is 0 Å². The van der Waals surface area contributed by atoms with E-state index in [2.05, 4.69) is 109 Å². The molecular formula is C36H36N2O2. The molecule has 0 bridgehead atoms. The number of unbranched alkanes of at least 4 members (excludes halogenated alkanes) is 1. The number of aryl methyl sites for hydroxylation is 1. The smallest absolute Gasteiger partial charge is 0.162 e. The fourth-order valence-electron chi connectivity index (χ4n) is 5.32. The lowest BCUT2D eigenvalue weighted by Crippen LogP contribution is -2.36. The van der Waals surface area contributed by atoms with E-state index in [1.54, 1.807) is 0 Å². The average Bonchev–Trinajstić information content (AvgIpc) is 3.49. The molecule has 0 aliphatic rings. The highest BCUT2D eigenvalue weighted by Crippen LogP contribution is 2.40. The van der Waals surface area contributed by atoms with Crippen molar-refractivity contribution in [3.63, 3.8) is 0 Å². The van der Waals surface area contributed by atoms with Gasteiger partial charge in [0, 0.05) is 18.2 Å².